The molecule has 1 aliphatic carbocycles. The quantitative estimate of drug-likeness (QED) is 0.721. The molecule has 0 bridgehead atoms. The molecule has 2 N–H and O–H groups in total. The first-order valence-electron chi connectivity index (χ1n) is 7.16. The van der Waals surface area contributed by atoms with Gasteiger partial charge in [0.1, 0.15) is 0 Å². The molecule has 102 valence electrons. The predicted octanol–water partition coefficient (Wildman–Crippen LogP) is 2.96. The summed E-state index contributed by atoms with van der Waals surface area (Å²) >= 11 is 0. The topological polar surface area (TPSA) is 40.2 Å². The van der Waals surface area contributed by atoms with Crippen LogP contribution >= 0.6 is 0 Å². The summed E-state index contributed by atoms with van der Waals surface area (Å²) in [4.78, 5) is 0. The van der Waals surface area contributed by atoms with Crippen LogP contribution in [0, 0.1) is 11.8 Å². The molecular formula is C15H26N2O. The zero-order valence-electron chi connectivity index (χ0n) is 11.6. The zero-order chi connectivity index (χ0) is 13.0. The molecule has 1 fully saturated rings. The van der Waals surface area contributed by atoms with Gasteiger partial charge in [0.25, 0.3) is 0 Å². The van der Waals surface area contributed by atoms with Crippen molar-refractivity contribution in [1.82, 2.24) is 4.57 Å². The van der Waals surface area contributed by atoms with Crippen molar-refractivity contribution in [3.05, 3.63) is 24.0 Å². The number of hydrogen-bond donors (Lipinski definition) is 1. The lowest BCUT2D eigenvalue weighted by Gasteiger charge is -2.08. The van der Waals surface area contributed by atoms with Crippen LogP contribution in [0.15, 0.2) is 18.5 Å². The van der Waals surface area contributed by atoms with Crippen LogP contribution in [-0.4, -0.2) is 17.8 Å². The molecule has 3 heteroatoms. The van der Waals surface area contributed by atoms with Crippen LogP contribution in [0.2, 0.25) is 0 Å². The van der Waals surface area contributed by atoms with Crippen molar-refractivity contribution in [2.24, 2.45) is 17.6 Å². The van der Waals surface area contributed by atoms with Gasteiger partial charge in [-0.05, 0) is 42.7 Å². The lowest BCUT2D eigenvalue weighted by atomic mass is 10.1. The van der Waals surface area contributed by atoms with Crippen LogP contribution in [0.25, 0.3) is 0 Å². The van der Waals surface area contributed by atoms with E-state index in [0.29, 0.717) is 0 Å². The van der Waals surface area contributed by atoms with E-state index >= 15 is 0 Å². The monoisotopic (exact) mass is 250 g/mol. The molecule has 0 saturated heterocycles. The van der Waals surface area contributed by atoms with Gasteiger partial charge in [-0.25, -0.2) is 0 Å². The maximum atomic E-state index is 6.18. The first-order chi connectivity index (χ1) is 8.66. The summed E-state index contributed by atoms with van der Waals surface area (Å²) in [7, 11) is 0. The Morgan fingerprint density at radius 1 is 1.39 bits per heavy atom. The molecule has 1 aromatic rings. The average molecular weight is 250 g/mol. The molecule has 3 nitrogen and oxygen atoms in total. The second-order valence-corrected chi connectivity index (χ2v) is 5.84. The first-order valence-corrected chi connectivity index (χ1v) is 7.16. The number of nitrogens with zero attached hydrogens (tertiary/aromatic N) is 1. The number of aromatic nitrogens is 1. The van der Waals surface area contributed by atoms with Gasteiger partial charge in [-0.3, -0.25) is 0 Å². The van der Waals surface area contributed by atoms with E-state index in [-0.39, 0.29) is 6.04 Å². The van der Waals surface area contributed by atoms with Crippen LogP contribution < -0.4 is 5.73 Å². The fourth-order valence-electron chi connectivity index (χ4n) is 2.11. The zero-order valence-corrected chi connectivity index (χ0v) is 11.6. The summed E-state index contributed by atoms with van der Waals surface area (Å²) in [5.41, 5.74) is 7.46. The number of ether oxygens (including phenoxy) is 1. The summed E-state index contributed by atoms with van der Waals surface area (Å²) in [5.74, 6) is 1.45. The molecule has 1 aliphatic rings. The SMILES string of the molecule is CC(C)CCOCCn1ccc(C(N)C2CC2)c1. The van der Waals surface area contributed by atoms with Gasteiger partial charge in [0.15, 0.2) is 0 Å². The third-order valence-electron chi connectivity index (χ3n) is 3.62. The molecule has 0 aromatic carbocycles. The van der Waals surface area contributed by atoms with Crippen LogP contribution in [0.4, 0.5) is 0 Å². The van der Waals surface area contributed by atoms with Gasteiger partial charge in [0.05, 0.1) is 6.61 Å². The van der Waals surface area contributed by atoms with E-state index in [9.17, 15) is 0 Å². The highest BCUT2D eigenvalue weighted by Gasteiger charge is 2.29. The van der Waals surface area contributed by atoms with Gasteiger partial charge in [-0.1, -0.05) is 13.8 Å². The standard InChI is InChI=1S/C15H26N2O/c1-12(2)6-9-18-10-8-17-7-5-14(11-17)15(16)13-3-4-13/h5,7,11-13,15H,3-4,6,8-10,16H2,1-2H3. The maximum absolute atomic E-state index is 6.18. The van der Waals surface area contributed by atoms with Gasteiger partial charge in [0.2, 0.25) is 0 Å². The molecule has 1 aromatic heterocycles. The van der Waals surface area contributed by atoms with Gasteiger partial charge in [0, 0.05) is 31.6 Å². The van der Waals surface area contributed by atoms with Crippen molar-refractivity contribution in [1.29, 1.82) is 0 Å². The van der Waals surface area contributed by atoms with Crippen molar-refractivity contribution in [2.45, 2.75) is 45.7 Å². The molecule has 1 atom stereocenters. The fourth-order valence-corrected chi connectivity index (χ4v) is 2.11. The van der Waals surface area contributed by atoms with Gasteiger partial charge < -0.3 is 15.0 Å². The smallest absolute Gasteiger partial charge is 0.0645 e. The molecule has 18 heavy (non-hydrogen) atoms. The number of nitrogens with two attached hydrogens (primary N) is 1. The Hall–Kier alpha value is -0.800. The molecule has 0 radical (unpaired) electrons. The molecule has 1 saturated carbocycles. The van der Waals surface area contributed by atoms with Crippen molar-refractivity contribution >= 4 is 0 Å². The van der Waals surface area contributed by atoms with Crippen LogP contribution in [-0.2, 0) is 11.3 Å². The second-order valence-electron chi connectivity index (χ2n) is 5.84. The molecule has 0 amide bonds. The summed E-state index contributed by atoms with van der Waals surface area (Å²) < 4.78 is 7.81. The van der Waals surface area contributed by atoms with Gasteiger partial charge >= 0.3 is 0 Å². The van der Waals surface area contributed by atoms with Crippen molar-refractivity contribution in [2.75, 3.05) is 13.2 Å². The highest BCUT2D eigenvalue weighted by molar-refractivity contribution is 5.17. The van der Waals surface area contributed by atoms with Gasteiger partial charge in [-0.15, -0.1) is 0 Å². The van der Waals surface area contributed by atoms with E-state index in [2.05, 4.69) is 36.9 Å². The highest BCUT2D eigenvalue weighted by Crippen LogP contribution is 2.39. The Morgan fingerprint density at radius 2 is 2.17 bits per heavy atom. The minimum Gasteiger partial charge on any atom is -0.380 e. The van der Waals surface area contributed by atoms with Crippen LogP contribution in [0.5, 0.6) is 0 Å². The number of rotatable bonds is 8. The highest BCUT2D eigenvalue weighted by atomic mass is 16.5. The second kappa shape index (κ2) is 6.39. The lowest BCUT2D eigenvalue weighted by Crippen LogP contribution is -2.11. The first kappa shape index (κ1) is 13.6. The minimum absolute atomic E-state index is 0.244. The Balaban J connectivity index is 1.67. The predicted molar refractivity (Wildman–Crippen MR) is 74.4 cm³/mol. The lowest BCUT2D eigenvalue weighted by molar-refractivity contribution is 0.116. The van der Waals surface area contributed by atoms with E-state index in [0.717, 1.165) is 38.0 Å². The summed E-state index contributed by atoms with van der Waals surface area (Å²) in [5, 5.41) is 0. The molecule has 0 aliphatic heterocycles. The third kappa shape index (κ3) is 4.14. The third-order valence-corrected chi connectivity index (χ3v) is 3.62. The Bertz CT molecular complexity index is 355. The van der Waals surface area contributed by atoms with E-state index in [1.54, 1.807) is 0 Å². The normalized spacial score (nSPS) is 17.3. The van der Waals surface area contributed by atoms with Crippen molar-refractivity contribution in [3.8, 4) is 0 Å². The number of hydrogen-bond acceptors (Lipinski definition) is 2. The summed E-state index contributed by atoms with van der Waals surface area (Å²) in [6, 6.07) is 2.39. The average Bonchev–Trinajstić information content (AvgIpc) is 3.07. The molecule has 1 heterocycles. The van der Waals surface area contributed by atoms with E-state index in [4.69, 9.17) is 10.5 Å². The summed E-state index contributed by atoms with van der Waals surface area (Å²) in [6.07, 6.45) is 8.02. The van der Waals surface area contributed by atoms with Crippen LogP contribution in [0.1, 0.15) is 44.7 Å². The molecule has 2 rings (SSSR count). The van der Waals surface area contributed by atoms with E-state index < -0.39 is 0 Å². The van der Waals surface area contributed by atoms with Crippen molar-refractivity contribution < 1.29 is 4.74 Å². The Morgan fingerprint density at radius 3 is 2.83 bits per heavy atom. The molecule has 1 unspecified atom stereocenters. The van der Waals surface area contributed by atoms with Crippen molar-refractivity contribution in [3.63, 3.8) is 0 Å². The Labute approximate surface area is 110 Å². The largest absolute Gasteiger partial charge is 0.380 e. The Kier molecular flexibility index (Phi) is 4.84. The summed E-state index contributed by atoms with van der Waals surface area (Å²) in [6.45, 7) is 7.03. The van der Waals surface area contributed by atoms with E-state index in [1.807, 2.05) is 0 Å². The fraction of sp³-hybridized carbons (Fsp3) is 0.733. The molecular weight excluding hydrogens is 224 g/mol. The van der Waals surface area contributed by atoms with Gasteiger partial charge in [-0.2, -0.15) is 0 Å². The van der Waals surface area contributed by atoms with E-state index in [1.165, 1.54) is 18.4 Å². The van der Waals surface area contributed by atoms with Crippen LogP contribution in [0.3, 0.4) is 0 Å². The minimum atomic E-state index is 0.244. The molecule has 0 spiro atoms. The maximum Gasteiger partial charge on any atom is 0.0645 e.